The molecule has 0 saturated carbocycles. The molecule has 1 aromatic carbocycles. The Morgan fingerprint density at radius 1 is 1.39 bits per heavy atom. The van der Waals surface area contributed by atoms with Crippen LogP contribution in [0.1, 0.15) is 22.3 Å². The van der Waals surface area contributed by atoms with Crippen molar-refractivity contribution >= 4 is 17.5 Å². The SMILES string of the molecule is Cc1ccc(Cl)cc1C(=O)N1CC[C@H](O)[C@@H](O)C1. The van der Waals surface area contributed by atoms with Gasteiger partial charge in [0, 0.05) is 23.7 Å². The van der Waals surface area contributed by atoms with E-state index in [4.69, 9.17) is 11.6 Å². The van der Waals surface area contributed by atoms with Crippen LogP contribution in [0.25, 0.3) is 0 Å². The molecular formula is C13H16ClNO3. The molecule has 1 aliphatic rings. The van der Waals surface area contributed by atoms with Crippen molar-refractivity contribution in [2.45, 2.75) is 25.6 Å². The number of nitrogens with zero attached hydrogens (tertiary/aromatic N) is 1. The number of β-amino-alcohol motifs (C(OH)–C–C–N with tert-alkyl or cyclic N) is 1. The monoisotopic (exact) mass is 269 g/mol. The summed E-state index contributed by atoms with van der Waals surface area (Å²) in [4.78, 5) is 13.9. The van der Waals surface area contributed by atoms with E-state index in [0.717, 1.165) is 5.56 Å². The molecule has 18 heavy (non-hydrogen) atoms. The highest BCUT2D eigenvalue weighted by Gasteiger charge is 2.29. The van der Waals surface area contributed by atoms with E-state index in [0.29, 0.717) is 23.6 Å². The third kappa shape index (κ3) is 2.66. The topological polar surface area (TPSA) is 60.8 Å². The Hall–Kier alpha value is -1.10. The quantitative estimate of drug-likeness (QED) is 0.806. The van der Waals surface area contributed by atoms with Crippen LogP contribution in [-0.4, -0.2) is 46.3 Å². The summed E-state index contributed by atoms with van der Waals surface area (Å²) in [6.07, 6.45) is -1.22. The number of benzene rings is 1. The third-order valence-corrected chi connectivity index (χ3v) is 3.50. The lowest BCUT2D eigenvalue weighted by Gasteiger charge is -2.33. The maximum atomic E-state index is 12.3. The summed E-state index contributed by atoms with van der Waals surface area (Å²) in [5.74, 6) is -0.152. The number of hydrogen-bond acceptors (Lipinski definition) is 3. The fourth-order valence-corrected chi connectivity index (χ4v) is 2.27. The summed E-state index contributed by atoms with van der Waals surface area (Å²) in [5.41, 5.74) is 1.40. The van der Waals surface area contributed by atoms with E-state index >= 15 is 0 Å². The van der Waals surface area contributed by atoms with Crippen molar-refractivity contribution in [3.05, 3.63) is 34.3 Å². The lowest BCUT2D eigenvalue weighted by Crippen LogP contribution is -2.49. The Bertz CT molecular complexity index is 464. The summed E-state index contributed by atoms with van der Waals surface area (Å²) < 4.78 is 0. The van der Waals surface area contributed by atoms with Crippen molar-refractivity contribution in [3.63, 3.8) is 0 Å². The second kappa shape index (κ2) is 5.26. The summed E-state index contributed by atoms with van der Waals surface area (Å²) in [6.45, 7) is 2.45. The minimum Gasteiger partial charge on any atom is -0.390 e. The van der Waals surface area contributed by atoms with E-state index in [2.05, 4.69) is 0 Å². The number of halogens is 1. The smallest absolute Gasteiger partial charge is 0.254 e. The fourth-order valence-electron chi connectivity index (χ4n) is 2.10. The highest BCUT2D eigenvalue weighted by atomic mass is 35.5. The first-order valence-electron chi connectivity index (χ1n) is 5.90. The van der Waals surface area contributed by atoms with Crippen molar-refractivity contribution < 1.29 is 15.0 Å². The summed E-state index contributed by atoms with van der Waals surface area (Å²) in [6, 6.07) is 5.17. The Labute approximate surface area is 111 Å². The summed E-state index contributed by atoms with van der Waals surface area (Å²) in [7, 11) is 0. The van der Waals surface area contributed by atoms with Gasteiger partial charge < -0.3 is 15.1 Å². The van der Waals surface area contributed by atoms with Gasteiger partial charge in [0.05, 0.1) is 12.2 Å². The predicted octanol–water partition coefficient (Wildman–Crippen LogP) is 1.22. The standard InChI is InChI=1S/C13H16ClNO3/c1-8-2-3-9(14)6-10(8)13(18)15-5-4-11(16)12(17)7-15/h2-3,6,11-12,16-17H,4-5,7H2,1H3/t11-,12-/m0/s1. The van der Waals surface area contributed by atoms with Crippen molar-refractivity contribution in [2.75, 3.05) is 13.1 Å². The lowest BCUT2D eigenvalue weighted by molar-refractivity contribution is -0.0321. The van der Waals surface area contributed by atoms with Gasteiger partial charge in [0.15, 0.2) is 0 Å². The van der Waals surface area contributed by atoms with Crippen LogP contribution in [0, 0.1) is 6.92 Å². The molecule has 1 heterocycles. The van der Waals surface area contributed by atoms with Gasteiger partial charge in [-0.15, -0.1) is 0 Å². The van der Waals surface area contributed by atoms with Gasteiger partial charge in [-0.05, 0) is 31.0 Å². The van der Waals surface area contributed by atoms with Gasteiger partial charge in [-0.3, -0.25) is 4.79 Å². The molecule has 0 unspecified atom stereocenters. The first-order chi connectivity index (χ1) is 8.49. The molecule has 2 rings (SSSR count). The van der Waals surface area contributed by atoms with Crippen molar-refractivity contribution in [3.8, 4) is 0 Å². The van der Waals surface area contributed by atoms with Gasteiger partial charge in [0.25, 0.3) is 5.91 Å². The largest absolute Gasteiger partial charge is 0.390 e. The van der Waals surface area contributed by atoms with Gasteiger partial charge >= 0.3 is 0 Å². The number of hydrogen-bond donors (Lipinski definition) is 2. The molecule has 2 atom stereocenters. The molecule has 1 aliphatic heterocycles. The van der Waals surface area contributed by atoms with Gasteiger partial charge in [-0.2, -0.15) is 0 Å². The number of rotatable bonds is 1. The van der Waals surface area contributed by atoms with Crippen LogP contribution in [0.15, 0.2) is 18.2 Å². The summed E-state index contributed by atoms with van der Waals surface area (Å²) >= 11 is 5.89. The van der Waals surface area contributed by atoms with E-state index in [1.807, 2.05) is 6.92 Å². The van der Waals surface area contributed by atoms with Crippen molar-refractivity contribution in [2.24, 2.45) is 0 Å². The highest BCUT2D eigenvalue weighted by Crippen LogP contribution is 2.20. The summed E-state index contributed by atoms with van der Waals surface area (Å²) in [5, 5.41) is 19.6. The van der Waals surface area contributed by atoms with Gasteiger partial charge in [0.2, 0.25) is 0 Å². The predicted molar refractivity (Wildman–Crippen MR) is 68.7 cm³/mol. The second-order valence-corrected chi connectivity index (χ2v) is 5.07. The average molecular weight is 270 g/mol. The van der Waals surface area contributed by atoms with Crippen LogP contribution < -0.4 is 0 Å². The zero-order valence-electron chi connectivity index (χ0n) is 10.1. The Kier molecular flexibility index (Phi) is 3.90. The maximum absolute atomic E-state index is 12.3. The zero-order chi connectivity index (χ0) is 13.3. The molecule has 1 aromatic rings. The average Bonchev–Trinajstić information content (AvgIpc) is 2.35. The molecule has 5 heteroatoms. The number of amides is 1. The molecule has 1 amide bonds. The minimum absolute atomic E-state index is 0.152. The van der Waals surface area contributed by atoms with E-state index in [9.17, 15) is 15.0 Å². The molecule has 0 spiro atoms. The lowest BCUT2D eigenvalue weighted by atomic mass is 10.0. The number of aliphatic hydroxyl groups excluding tert-OH is 2. The molecule has 0 aliphatic carbocycles. The molecule has 1 fully saturated rings. The Balaban J connectivity index is 2.19. The minimum atomic E-state index is -0.873. The van der Waals surface area contributed by atoms with Crippen LogP contribution in [0.2, 0.25) is 5.02 Å². The molecule has 4 nitrogen and oxygen atoms in total. The van der Waals surface area contributed by atoms with E-state index in [1.54, 1.807) is 23.1 Å². The number of piperidine rings is 1. The first kappa shape index (κ1) is 13.3. The van der Waals surface area contributed by atoms with E-state index in [-0.39, 0.29) is 12.5 Å². The van der Waals surface area contributed by atoms with Crippen LogP contribution in [0.5, 0.6) is 0 Å². The van der Waals surface area contributed by atoms with Gasteiger partial charge in [-0.1, -0.05) is 17.7 Å². The third-order valence-electron chi connectivity index (χ3n) is 3.26. The number of aliphatic hydroxyl groups is 2. The molecule has 0 radical (unpaired) electrons. The Morgan fingerprint density at radius 3 is 2.78 bits per heavy atom. The maximum Gasteiger partial charge on any atom is 0.254 e. The van der Waals surface area contributed by atoms with Crippen LogP contribution >= 0.6 is 11.6 Å². The fraction of sp³-hybridized carbons (Fsp3) is 0.462. The molecule has 1 saturated heterocycles. The number of likely N-dealkylation sites (tertiary alicyclic amines) is 1. The first-order valence-corrected chi connectivity index (χ1v) is 6.28. The van der Waals surface area contributed by atoms with Crippen molar-refractivity contribution in [1.29, 1.82) is 0 Å². The molecule has 2 N–H and O–H groups in total. The number of carbonyl (C=O) groups is 1. The van der Waals surface area contributed by atoms with Gasteiger partial charge in [-0.25, -0.2) is 0 Å². The molecular weight excluding hydrogens is 254 g/mol. The van der Waals surface area contributed by atoms with Gasteiger partial charge in [0.1, 0.15) is 0 Å². The number of aryl methyl sites for hydroxylation is 1. The van der Waals surface area contributed by atoms with Crippen molar-refractivity contribution in [1.82, 2.24) is 4.90 Å². The molecule has 0 bridgehead atoms. The highest BCUT2D eigenvalue weighted by molar-refractivity contribution is 6.31. The van der Waals surface area contributed by atoms with Crippen LogP contribution in [0.3, 0.4) is 0 Å². The second-order valence-electron chi connectivity index (χ2n) is 4.63. The normalized spacial score (nSPS) is 24.1. The molecule has 0 aromatic heterocycles. The van der Waals surface area contributed by atoms with E-state index in [1.165, 1.54) is 0 Å². The number of carbonyl (C=O) groups excluding carboxylic acids is 1. The molecule has 98 valence electrons. The zero-order valence-corrected chi connectivity index (χ0v) is 10.9. The van der Waals surface area contributed by atoms with Crippen LogP contribution in [-0.2, 0) is 0 Å². The Morgan fingerprint density at radius 2 is 2.11 bits per heavy atom. The van der Waals surface area contributed by atoms with Crippen LogP contribution in [0.4, 0.5) is 0 Å². The van der Waals surface area contributed by atoms with E-state index < -0.39 is 12.2 Å².